The minimum Gasteiger partial charge on any atom is -0.388 e. The number of carbonyl (C=O) groups excluding carboxylic acids is 1. The van der Waals surface area contributed by atoms with Gasteiger partial charge in [-0.05, 0) is 31.0 Å². The maximum atomic E-state index is 12.7. The number of ether oxygens (including phenoxy) is 1. The van der Waals surface area contributed by atoms with Crippen LogP contribution in [0.1, 0.15) is 40.8 Å². The van der Waals surface area contributed by atoms with Crippen molar-refractivity contribution in [1.82, 2.24) is 25.1 Å². The predicted octanol–water partition coefficient (Wildman–Crippen LogP) is 1.64. The Morgan fingerprint density at radius 2 is 2.14 bits per heavy atom. The number of benzene rings is 1. The lowest BCUT2D eigenvalue weighted by Gasteiger charge is -2.35. The Morgan fingerprint density at radius 1 is 1.29 bits per heavy atom. The molecule has 2 N–H and O–H groups in total. The summed E-state index contributed by atoms with van der Waals surface area (Å²) in [5, 5.41) is 21.7. The van der Waals surface area contributed by atoms with E-state index in [0.29, 0.717) is 24.5 Å². The van der Waals surface area contributed by atoms with Crippen molar-refractivity contribution in [3.63, 3.8) is 0 Å². The second kappa shape index (κ2) is 8.04. The van der Waals surface area contributed by atoms with Crippen LogP contribution in [0.25, 0.3) is 10.9 Å². The van der Waals surface area contributed by atoms with Gasteiger partial charge in [-0.15, -0.1) is 10.2 Å². The molecule has 8 nitrogen and oxygen atoms in total. The van der Waals surface area contributed by atoms with Crippen LogP contribution in [0.15, 0.2) is 36.5 Å². The molecular weight excluding hydrogens is 358 g/mol. The highest BCUT2D eigenvalue weighted by molar-refractivity contribution is 6.06. The summed E-state index contributed by atoms with van der Waals surface area (Å²) in [6.45, 7) is 0.976. The van der Waals surface area contributed by atoms with Crippen LogP contribution in [0.5, 0.6) is 0 Å². The third kappa shape index (κ3) is 3.48. The maximum Gasteiger partial charge on any atom is 0.252 e. The molecule has 2 aromatic heterocycles. The van der Waals surface area contributed by atoms with Crippen molar-refractivity contribution < 1.29 is 14.6 Å². The summed E-state index contributed by atoms with van der Waals surface area (Å²) in [7, 11) is 1.64. The van der Waals surface area contributed by atoms with Crippen LogP contribution in [0.4, 0.5) is 0 Å². The quantitative estimate of drug-likeness (QED) is 0.645. The van der Waals surface area contributed by atoms with Gasteiger partial charge in [-0.2, -0.15) is 0 Å². The van der Waals surface area contributed by atoms with Crippen molar-refractivity contribution in [2.24, 2.45) is 0 Å². The van der Waals surface area contributed by atoms with E-state index in [-0.39, 0.29) is 24.5 Å². The molecule has 1 fully saturated rings. The average Bonchev–Trinajstić information content (AvgIpc) is 3.10. The zero-order chi connectivity index (χ0) is 19.5. The minimum absolute atomic E-state index is 0.0843. The second-order valence-electron chi connectivity index (χ2n) is 6.99. The topological polar surface area (TPSA) is 102 Å². The Labute approximate surface area is 162 Å². The number of hydrogen-bond donors (Lipinski definition) is 2. The van der Waals surface area contributed by atoms with Gasteiger partial charge in [0.2, 0.25) is 0 Å². The molecule has 1 saturated carbocycles. The van der Waals surface area contributed by atoms with Crippen LogP contribution in [-0.4, -0.2) is 50.5 Å². The number of hydrogen-bond acceptors (Lipinski definition) is 6. The molecule has 0 radical (unpaired) electrons. The van der Waals surface area contributed by atoms with E-state index in [0.717, 1.165) is 29.6 Å². The van der Waals surface area contributed by atoms with E-state index in [2.05, 4.69) is 20.5 Å². The van der Waals surface area contributed by atoms with Gasteiger partial charge in [0.05, 0.1) is 12.1 Å². The van der Waals surface area contributed by atoms with E-state index in [1.54, 1.807) is 13.3 Å². The Kier molecular flexibility index (Phi) is 5.31. The number of amides is 1. The SMILES string of the molecule is COCCn1c(CO)nnc1C1CC(NC(=O)c2cccc3ncccc23)C1. The first-order valence-corrected chi connectivity index (χ1v) is 9.37. The van der Waals surface area contributed by atoms with Crippen molar-refractivity contribution in [3.8, 4) is 0 Å². The van der Waals surface area contributed by atoms with Crippen molar-refractivity contribution in [1.29, 1.82) is 0 Å². The van der Waals surface area contributed by atoms with Gasteiger partial charge in [-0.3, -0.25) is 9.78 Å². The van der Waals surface area contributed by atoms with Gasteiger partial charge in [0.25, 0.3) is 5.91 Å². The lowest BCUT2D eigenvalue weighted by molar-refractivity contribution is 0.0908. The van der Waals surface area contributed by atoms with E-state index in [9.17, 15) is 9.90 Å². The van der Waals surface area contributed by atoms with Crippen LogP contribution in [-0.2, 0) is 17.9 Å². The molecule has 1 aromatic carbocycles. The molecule has 0 bridgehead atoms. The monoisotopic (exact) mass is 381 g/mol. The number of rotatable bonds is 7. The van der Waals surface area contributed by atoms with E-state index in [4.69, 9.17) is 4.74 Å². The summed E-state index contributed by atoms with van der Waals surface area (Å²) >= 11 is 0. The number of nitrogens with one attached hydrogen (secondary N) is 1. The van der Waals surface area contributed by atoms with Crippen molar-refractivity contribution in [2.45, 2.75) is 38.0 Å². The van der Waals surface area contributed by atoms with Crippen LogP contribution in [0.3, 0.4) is 0 Å². The first-order valence-electron chi connectivity index (χ1n) is 9.37. The third-order valence-corrected chi connectivity index (χ3v) is 5.25. The summed E-state index contributed by atoms with van der Waals surface area (Å²) < 4.78 is 7.06. The molecule has 146 valence electrons. The lowest BCUT2D eigenvalue weighted by atomic mass is 9.79. The summed E-state index contributed by atoms with van der Waals surface area (Å²) in [4.78, 5) is 17.0. The largest absolute Gasteiger partial charge is 0.388 e. The minimum atomic E-state index is -0.154. The van der Waals surface area contributed by atoms with Crippen LogP contribution in [0, 0.1) is 0 Å². The number of fused-ring (bicyclic) bond motifs is 1. The Balaban J connectivity index is 1.42. The Bertz CT molecular complexity index is 976. The standard InChI is InChI=1S/C20H23N5O3/c1-28-9-8-25-18(12-26)23-24-19(25)13-10-14(11-13)22-20(27)16-4-2-6-17-15(16)5-3-7-21-17/h2-7,13-14,26H,8-12H2,1H3,(H,22,27). The Morgan fingerprint density at radius 3 is 2.93 bits per heavy atom. The molecule has 0 spiro atoms. The predicted molar refractivity (Wildman–Crippen MR) is 103 cm³/mol. The van der Waals surface area contributed by atoms with Crippen LogP contribution < -0.4 is 5.32 Å². The van der Waals surface area contributed by atoms with Crippen LogP contribution >= 0.6 is 0 Å². The average molecular weight is 381 g/mol. The van der Waals surface area contributed by atoms with E-state index in [1.165, 1.54) is 0 Å². The maximum absolute atomic E-state index is 12.7. The van der Waals surface area contributed by atoms with Gasteiger partial charge in [0, 0.05) is 42.8 Å². The molecule has 3 aromatic rings. The molecule has 0 unspecified atom stereocenters. The summed E-state index contributed by atoms with van der Waals surface area (Å²) in [5.74, 6) is 1.52. The molecule has 28 heavy (non-hydrogen) atoms. The molecule has 1 aliphatic rings. The van der Waals surface area contributed by atoms with Crippen molar-refractivity contribution in [3.05, 3.63) is 53.7 Å². The number of carbonyl (C=O) groups is 1. The van der Waals surface area contributed by atoms with Gasteiger partial charge >= 0.3 is 0 Å². The normalized spacial score (nSPS) is 18.8. The van der Waals surface area contributed by atoms with E-state index < -0.39 is 0 Å². The smallest absolute Gasteiger partial charge is 0.252 e. The molecule has 1 aliphatic carbocycles. The molecular formula is C20H23N5O3. The highest BCUT2D eigenvalue weighted by atomic mass is 16.5. The number of nitrogens with zero attached hydrogens (tertiary/aromatic N) is 4. The zero-order valence-electron chi connectivity index (χ0n) is 15.7. The summed E-state index contributed by atoms with van der Waals surface area (Å²) in [6.07, 6.45) is 3.32. The fraction of sp³-hybridized carbons (Fsp3) is 0.400. The number of aliphatic hydroxyl groups is 1. The number of methoxy groups -OCH3 is 1. The number of pyridine rings is 1. The molecule has 4 rings (SSSR count). The van der Waals surface area contributed by atoms with Gasteiger partial charge < -0.3 is 19.7 Å². The number of aromatic nitrogens is 4. The van der Waals surface area contributed by atoms with Gasteiger partial charge in [-0.1, -0.05) is 12.1 Å². The summed E-state index contributed by atoms with van der Waals surface area (Å²) in [5.41, 5.74) is 1.45. The summed E-state index contributed by atoms with van der Waals surface area (Å²) in [6, 6.07) is 9.42. The molecule has 8 heteroatoms. The third-order valence-electron chi connectivity index (χ3n) is 5.25. The molecule has 0 saturated heterocycles. The van der Waals surface area contributed by atoms with Gasteiger partial charge in [0.15, 0.2) is 5.82 Å². The van der Waals surface area contributed by atoms with Crippen LogP contribution in [0.2, 0.25) is 0 Å². The first-order chi connectivity index (χ1) is 13.7. The second-order valence-corrected chi connectivity index (χ2v) is 6.99. The zero-order valence-corrected chi connectivity index (χ0v) is 15.7. The fourth-order valence-electron chi connectivity index (χ4n) is 3.71. The highest BCUT2D eigenvalue weighted by Crippen LogP contribution is 2.36. The molecule has 0 aliphatic heterocycles. The van der Waals surface area contributed by atoms with Crippen molar-refractivity contribution in [2.75, 3.05) is 13.7 Å². The number of aliphatic hydroxyl groups excluding tert-OH is 1. The molecule has 2 heterocycles. The van der Waals surface area contributed by atoms with Gasteiger partial charge in [0.1, 0.15) is 12.4 Å². The first kappa shape index (κ1) is 18.5. The highest BCUT2D eigenvalue weighted by Gasteiger charge is 2.35. The fourth-order valence-corrected chi connectivity index (χ4v) is 3.71. The van der Waals surface area contributed by atoms with Crippen molar-refractivity contribution >= 4 is 16.8 Å². The van der Waals surface area contributed by atoms with Gasteiger partial charge in [-0.25, -0.2) is 0 Å². The van der Waals surface area contributed by atoms with E-state index in [1.807, 2.05) is 34.9 Å². The Hall–Kier alpha value is -2.84. The lowest BCUT2D eigenvalue weighted by Crippen LogP contribution is -2.44. The molecule has 1 amide bonds. The molecule has 0 atom stereocenters. The van der Waals surface area contributed by atoms with E-state index >= 15 is 0 Å².